The first-order chi connectivity index (χ1) is 15.1. The summed E-state index contributed by atoms with van der Waals surface area (Å²) in [7, 11) is 0. The molecule has 1 aromatic rings. The summed E-state index contributed by atoms with van der Waals surface area (Å²) >= 11 is 0. The molecular formula is C21H24O11. The summed E-state index contributed by atoms with van der Waals surface area (Å²) in [5, 5.41) is 0. The van der Waals surface area contributed by atoms with Gasteiger partial charge < -0.3 is 28.4 Å². The first kappa shape index (κ1) is 24.8. The molecule has 11 heteroatoms. The maximum atomic E-state index is 11.8. The molecule has 0 amide bonds. The molecular weight excluding hydrogens is 428 g/mol. The Morgan fingerprint density at radius 2 is 1.41 bits per heavy atom. The van der Waals surface area contributed by atoms with Crippen LogP contribution in [0.15, 0.2) is 24.3 Å². The molecule has 0 aromatic heterocycles. The van der Waals surface area contributed by atoms with Crippen LogP contribution in [-0.2, 0) is 42.9 Å². The average molecular weight is 452 g/mol. The minimum absolute atomic E-state index is 0.100. The predicted molar refractivity (Wildman–Crippen MR) is 104 cm³/mol. The Balaban J connectivity index is 2.49. The predicted octanol–water partition coefficient (Wildman–Crippen LogP) is 0.961. The van der Waals surface area contributed by atoms with E-state index in [2.05, 4.69) is 0 Å². The number of esters is 4. The van der Waals surface area contributed by atoms with Crippen LogP contribution in [0, 0.1) is 0 Å². The van der Waals surface area contributed by atoms with Gasteiger partial charge in [-0.25, -0.2) is 0 Å². The topological polar surface area (TPSA) is 141 Å². The van der Waals surface area contributed by atoms with Crippen LogP contribution in [0.25, 0.3) is 0 Å². The lowest BCUT2D eigenvalue weighted by Gasteiger charge is -2.44. The van der Waals surface area contributed by atoms with Crippen molar-refractivity contribution in [3.8, 4) is 5.75 Å². The Morgan fingerprint density at radius 1 is 0.844 bits per heavy atom. The summed E-state index contributed by atoms with van der Waals surface area (Å²) in [5.41, 5.74) is 0.181. The van der Waals surface area contributed by atoms with Gasteiger partial charge in [-0.05, 0) is 12.1 Å². The van der Waals surface area contributed by atoms with Crippen molar-refractivity contribution in [3.63, 3.8) is 0 Å². The van der Waals surface area contributed by atoms with Crippen molar-refractivity contribution in [2.45, 2.75) is 58.4 Å². The highest BCUT2D eigenvalue weighted by Gasteiger charge is 2.53. The van der Waals surface area contributed by atoms with E-state index in [9.17, 15) is 24.0 Å². The molecule has 1 heterocycles. The fourth-order valence-corrected chi connectivity index (χ4v) is 3.09. The van der Waals surface area contributed by atoms with Crippen LogP contribution in [0.3, 0.4) is 0 Å². The first-order valence-electron chi connectivity index (χ1n) is 9.63. The Morgan fingerprint density at radius 3 is 1.97 bits per heavy atom. The van der Waals surface area contributed by atoms with E-state index in [1.54, 1.807) is 12.1 Å². The molecule has 0 bridgehead atoms. The SMILES string of the molecule is CC(=O)OC[C@@H]1O[C@@H](Oc2ccccc2C=O)[C@@H](OC(C)=O)[C@H](OC(C)=O)[C@H]1OC(C)=O. The van der Waals surface area contributed by atoms with Gasteiger partial charge in [-0.3, -0.25) is 24.0 Å². The normalized spacial score (nSPS) is 24.6. The number of rotatable bonds is 8. The Labute approximate surface area is 183 Å². The Kier molecular flexibility index (Phi) is 8.71. The first-order valence-corrected chi connectivity index (χ1v) is 9.63. The third-order valence-corrected chi connectivity index (χ3v) is 4.24. The lowest BCUT2D eigenvalue weighted by atomic mass is 9.98. The average Bonchev–Trinajstić information content (AvgIpc) is 2.70. The fourth-order valence-electron chi connectivity index (χ4n) is 3.09. The van der Waals surface area contributed by atoms with E-state index in [-0.39, 0.29) is 17.9 Å². The maximum absolute atomic E-state index is 11.8. The summed E-state index contributed by atoms with van der Waals surface area (Å²) in [6.07, 6.45) is -6.03. The minimum Gasteiger partial charge on any atom is -0.463 e. The van der Waals surface area contributed by atoms with Gasteiger partial charge in [0.15, 0.2) is 18.5 Å². The van der Waals surface area contributed by atoms with Gasteiger partial charge in [-0.1, -0.05) is 12.1 Å². The van der Waals surface area contributed by atoms with Gasteiger partial charge in [-0.2, -0.15) is 0 Å². The molecule has 1 aliphatic rings. The van der Waals surface area contributed by atoms with Crippen molar-refractivity contribution >= 4 is 30.2 Å². The van der Waals surface area contributed by atoms with E-state index in [0.717, 1.165) is 20.8 Å². The molecule has 0 radical (unpaired) electrons. The monoisotopic (exact) mass is 452 g/mol. The van der Waals surface area contributed by atoms with Crippen LogP contribution in [0.1, 0.15) is 38.1 Å². The standard InChI is InChI=1S/C21H24O11/c1-11(23)27-10-17-18(28-12(2)24)19(29-13(3)25)20(30-14(4)26)21(32-17)31-16-8-6-5-7-15(16)9-22/h5-9,17-21H,10H2,1-4H3/t17-,18-,19+,20-,21+/m0/s1. The number of carbonyl (C=O) groups excluding carboxylic acids is 5. The van der Waals surface area contributed by atoms with Crippen molar-refractivity contribution in [2.75, 3.05) is 6.61 Å². The van der Waals surface area contributed by atoms with Crippen molar-refractivity contribution in [3.05, 3.63) is 29.8 Å². The molecule has 0 N–H and O–H groups in total. The number of hydrogen-bond acceptors (Lipinski definition) is 11. The number of benzene rings is 1. The molecule has 0 saturated carbocycles. The van der Waals surface area contributed by atoms with Gasteiger partial charge in [0.1, 0.15) is 18.5 Å². The molecule has 1 saturated heterocycles. The van der Waals surface area contributed by atoms with E-state index < -0.39 is 54.6 Å². The van der Waals surface area contributed by atoms with E-state index >= 15 is 0 Å². The van der Waals surface area contributed by atoms with Gasteiger partial charge in [0, 0.05) is 27.7 Å². The van der Waals surface area contributed by atoms with Crippen molar-refractivity contribution < 1.29 is 52.4 Å². The summed E-state index contributed by atoms with van der Waals surface area (Å²) in [6, 6.07) is 6.20. The van der Waals surface area contributed by atoms with Crippen LogP contribution in [0.4, 0.5) is 0 Å². The molecule has 0 unspecified atom stereocenters. The van der Waals surface area contributed by atoms with E-state index in [1.165, 1.54) is 19.1 Å². The van der Waals surface area contributed by atoms with E-state index in [4.69, 9.17) is 28.4 Å². The van der Waals surface area contributed by atoms with Crippen LogP contribution in [0.5, 0.6) is 5.75 Å². The summed E-state index contributed by atoms with van der Waals surface area (Å²) in [4.78, 5) is 58.0. The number of para-hydroxylation sites is 1. The largest absolute Gasteiger partial charge is 0.463 e. The second-order valence-corrected chi connectivity index (χ2v) is 6.84. The van der Waals surface area contributed by atoms with Gasteiger partial charge in [0.2, 0.25) is 12.4 Å². The third kappa shape index (κ3) is 6.77. The van der Waals surface area contributed by atoms with Crippen LogP contribution < -0.4 is 4.74 Å². The summed E-state index contributed by atoms with van der Waals surface area (Å²) in [6.45, 7) is 4.14. The smallest absolute Gasteiger partial charge is 0.303 e. The fraction of sp³-hybridized carbons (Fsp3) is 0.476. The quantitative estimate of drug-likeness (QED) is 0.316. The molecule has 1 aliphatic heterocycles. The highest BCUT2D eigenvalue weighted by molar-refractivity contribution is 5.79. The molecule has 0 aliphatic carbocycles. The molecule has 1 fully saturated rings. The van der Waals surface area contributed by atoms with Gasteiger partial charge in [-0.15, -0.1) is 0 Å². The molecule has 174 valence electrons. The minimum atomic E-state index is -1.41. The van der Waals surface area contributed by atoms with Gasteiger partial charge in [0.05, 0.1) is 5.56 Å². The van der Waals surface area contributed by atoms with Crippen molar-refractivity contribution in [1.29, 1.82) is 0 Å². The Hall–Kier alpha value is -3.47. The zero-order valence-corrected chi connectivity index (χ0v) is 18.0. The molecule has 2 rings (SSSR count). The molecule has 11 nitrogen and oxygen atoms in total. The third-order valence-electron chi connectivity index (χ3n) is 4.24. The lowest BCUT2D eigenvalue weighted by molar-refractivity contribution is -0.288. The van der Waals surface area contributed by atoms with Crippen LogP contribution in [-0.4, -0.2) is 67.5 Å². The Bertz CT molecular complexity index is 865. The van der Waals surface area contributed by atoms with Crippen molar-refractivity contribution in [2.24, 2.45) is 0 Å². The molecule has 5 atom stereocenters. The number of ether oxygens (including phenoxy) is 6. The highest BCUT2D eigenvalue weighted by atomic mass is 16.7. The molecule has 1 aromatic carbocycles. The maximum Gasteiger partial charge on any atom is 0.303 e. The number of carbonyl (C=O) groups is 5. The van der Waals surface area contributed by atoms with Crippen LogP contribution >= 0.6 is 0 Å². The lowest BCUT2D eigenvalue weighted by Crippen LogP contribution is -2.63. The molecule has 32 heavy (non-hydrogen) atoms. The summed E-state index contributed by atoms with van der Waals surface area (Å²) < 4.78 is 32.5. The molecule has 0 spiro atoms. The second kappa shape index (κ2) is 11.2. The van der Waals surface area contributed by atoms with E-state index in [0.29, 0.717) is 6.29 Å². The number of aldehydes is 1. The zero-order chi connectivity index (χ0) is 23.8. The van der Waals surface area contributed by atoms with Gasteiger partial charge in [0.25, 0.3) is 0 Å². The number of hydrogen-bond donors (Lipinski definition) is 0. The van der Waals surface area contributed by atoms with Gasteiger partial charge >= 0.3 is 23.9 Å². The second-order valence-electron chi connectivity index (χ2n) is 6.84. The highest BCUT2D eigenvalue weighted by Crippen LogP contribution is 2.31. The van der Waals surface area contributed by atoms with Crippen molar-refractivity contribution in [1.82, 2.24) is 0 Å². The zero-order valence-electron chi connectivity index (χ0n) is 18.0. The summed E-state index contributed by atoms with van der Waals surface area (Å²) in [5.74, 6) is -2.79. The van der Waals surface area contributed by atoms with Crippen LogP contribution in [0.2, 0.25) is 0 Å². The van der Waals surface area contributed by atoms with E-state index in [1.807, 2.05) is 0 Å².